The van der Waals surface area contributed by atoms with Crippen LogP contribution in [0.4, 0.5) is 4.39 Å². The van der Waals surface area contributed by atoms with Gasteiger partial charge >= 0.3 is 0 Å². The van der Waals surface area contributed by atoms with Crippen molar-refractivity contribution in [2.45, 2.75) is 44.4 Å². The lowest BCUT2D eigenvalue weighted by molar-refractivity contribution is -0.0161. The van der Waals surface area contributed by atoms with Gasteiger partial charge in [0.1, 0.15) is 5.82 Å². The van der Waals surface area contributed by atoms with E-state index >= 15 is 0 Å². The second-order valence-electron chi connectivity index (χ2n) is 5.88. The van der Waals surface area contributed by atoms with Crippen molar-refractivity contribution in [3.63, 3.8) is 0 Å². The van der Waals surface area contributed by atoms with Crippen LogP contribution < -0.4 is 0 Å². The van der Waals surface area contributed by atoms with Gasteiger partial charge in [-0.3, -0.25) is 4.90 Å². The Morgan fingerprint density at radius 3 is 2.84 bits per heavy atom. The molecule has 0 spiro atoms. The molecule has 1 fully saturated rings. The van der Waals surface area contributed by atoms with E-state index in [1.54, 1.807) is 26.0 Å². The van der Waals surface area contributed by atoms with Crippen molar-refractivity contribution in [3.8, 4) is 0 Å². The third kappa shape index (κ3) is 3.53. The molecule has 4 heteroatoms. The van der Waals surface area contributed by atoms with E-state index in [2.05, 4.69) is 4.90 Å². The fourth-order valence-corrected chi connectivity index (χ4v) is 2.89. The van der Waals surface area contributed by atoms with Gasteiger partial charge in [-0.1, -0.05) is 12.1 Å². The summed E-state index contributed by atoms with van der Waals surface area (Å²) in [7, 11) is 0. The third-order valence-electron chi connectivity index (χ3n) is 3.82. The molecule has 2 N–H and O–H groups in total. The summed E-state index contributed by atoms with van der Waals surface area (Å²) in [5.74, 6) is -0.336. The molecule has 19 heavy (non-hydrogen) atoms. The first kappa shape index (κ1) is 14.4. The van der Waals surface area contributed by atoms with E-state index in [0.29, 0.717) is 12.1 Å². The van der Waals surface area contributed by atoms with Crippen LogP contribution in [0.1, 0.15) is 38.4 Å². The van der Waals surface area contributed by atoms with Crippen LogP contribution in [0.25, 0.3) is 0 Å². The summed E-state index contributed by atoms with van der Waals surface area (Å²) in [5, 5.41) is 20.3. The van der Waals surface area contributed by atoms with Gasteiger partial charge in [0.25, 0.3) is 0 Å². The highest BCUT2D eigenvalue weighted by Crippen LogP contribution is 2.28. The maximum atomic E-state index is 13.1. The average Bonchev–Trinajstić information content (AvgIpc) is 2.77. The first-order valence-electron chi connectivity index (χ1n) is 6.78. The standard InChI is InChI=1S/C15H22FNO2/c1-15(2,19)14-7-4-8-17(14)10-13(18)11-5-3-6-12(16)9-11/h3,5-6,9,13-14,18-19H,4,7-8,10H2,1-2H3. The fourth-order valence-electron chi connectivity index (χ4n) is 2.89. The number of halogens is 1. The average molecular weight is 267 g/mol. The van der Waals surface area contributed by atoms with Crippen LogP contribution in [0.3, 0.4) is 0 Å². The van der Waals surface area contributed by atoms with Crippen LogP contribution in [0.15, 0.2) is 24.3 Å². The summed E-state index contributed by atoms with van der Waals surface area (Å²) in [6, 6.07) is 6.11. The predicted molar refractivity (Wildman–Crippen MR) is 72.3 cm³/mol. The number of hydrogen-bond acceptors (Lipinski definition) is 3. The predicted octanol–water partition coefficient (Wildman–Crippen LogP) is 2.09. The molecular formula is C15H22FNO2. The van der Waals surface area contributed by atoms with Gasteiger partial charge in [-0.25, -0.2) is 4.39 Å². The zero-order chi connectivity index (χ0) is 14.0. The Hall–Kier alpha value is -0.970. The molecule has 1 saturated heterocycles. The van der Waals surface area contributed by atoms with Gasteiger partial charge in [-0.05, 0) is 50.9 Å². The Kier molecular flexibility index (Phi) is 4.23. The molecule has 0 amide bonds. The van der Waals surface area contributed by atoms with Crippen LogP contribution in [0, 0.1) is 5.82 Å². The lowest BCUT2D eigenvalue weighted by atomic mass is 9.96. The normalized spacial score (nSPS) is 22.7. The number of likely N-dealkylation sites (tertiary alicyclic amines) is 1. The Bertz CT molecular complexity index is 430. The number of hydrogen-bond donors (Lipinski definition) is 2. The van der Waals surface area contributed by atoms with E-state index in [1.807, 2.05) is 0 Å². The Labute approximate surface area is 113 Å². The van der Waals surface area contributed by atoms with Crippen LogP contribution in [-0.4, -0.2) is 39.8 Å². The van der Waals surface area contributed by atoms with Gasteiger partial charge in [-0.2, -0.15) is 0 Å². The second-order valence-corrected chi connectivity index (χ2v) is 5.88. The van der Waals surface area contributed by atoms with E-state index in [1.165, 1.54) is 12.1 Å². The van der Waals surface area contributed by atoms with Gasteiger partial charge in [0, 0.05) is 12.6 Å². The van der Waals surface area contributed by atoms with E-state index in [9.17, 15) is 14.6 Å². The molecular weight excluding hydrogens is 245 g/mol. The number of benzene rings is 1. The number of β-amino-alcohol motifs (C(OH)–C–C–N with tert-alkyl or cyclic N) is 1. The SMILES string of the molecule is CC(C)(O)C1CCCN1CC(O)c1cccc(F)c1. The molecule has 2 rings (SSSR count). The molecule has 2 atom stereocenters. The minimum Gasteiger partial charge on any atom is -0.389 e. The number of aliphatic hydroxyl groups excluding tert-OH is 1. The molecule has 2 unspecified atom stereocenters. The van der Waals surface area contributed by atoms with E-state index in [-0.39, 0.29) is 11.9 Å². The number of aliphatic hydroxyl groups is 2. The molecule has 0 bridgehead atoms. The smallest absolute Gasteiger partial charge is 0.123 e. The number of rotatable bonds is 4. The first-order chi connectivity index (χ1) is 8.88. The maximum absolute atomic E-state index is 13.1. The van der Waals surface area contributed by atoms with Gasteiger partial charge in [0.15, 0.2) is 0 Å². The molecule has 0 aliphatic carbocycles. The van der Waals surface area contributed by atoms with Crippen molar-refractivity contribution in [2.24, 2.45) is 0 Å². The summed E-state index contributed by atoms with van der Waals surface area (Å²) >= 11 is 0. The molecule has 0 saturated carbocycles. The van der Waals surface area contributed by atoms with Gasteiger partial charge in [0.2, 0.25) is 0 Å². The molecule has 0 aromatic heterocycles. The Balaban J connectivity index is 2.04. The van der Waals surface area contributed by atoms with Crippen molar-refractivity contribution in [1.29, 1.82) is 0 Å². The summed E-state index contributed by atoms with van der Waals surface area (Å²) in [4.78, 5) is 2.09. The minimum absolute atomic E-state index is 0.0516. The van der Waals surface area contributed by atoms with Crippen molar-refractivity contribution < 1.29 is 14.6 Å². The Morgan fingerprint density at radius 2 is 2.21 bits per heavy atom. The molecule has 1 aliphatic heterocycles. The summed E-state index contributed by atoms with van der Waals surface area (Å²) in [5.41, 5.74) is -0.195. The zero-order valence-corrected chi connectivity index (χ0v) is 11.5. The largest absolute Gasteiger partial charge is 0.389 e. The highest BCUT2D eigenvalue weighted by Gasteiger charge is 2.36. The van der Waals surface area contributed by atoms with Crippen LogP contribution >= 0.6 is 0 Å². The van der Waals surface area contributed by atoms with Crippen molar-refractivity contribution in [1.82, 2.24) is 4.90 Å². The van der Waals surface area contributed by atoms with Crippen LogP contribution in [0.5, 0.6) is 0 Å². The Morgan fingerprint density at radius 1 is 1.47 bits per heavy atom. The number of nitrogens with zero attached hydrogens (tertiary/aromatic N) is 1. The molecule has 106 valence electrons. The third-order valence-corrected chi connectivity index (χ3v) is 3.82. The second kappa shape index (κ2) is 5.57. The van der Waals surface area contributed by atoms with Crippen LogP contribution in [0.2, 0.25) is 0 Å². The molecule has 0 radical (unpaired) electrons. The molecule has 1 aliphatic rings. The molecule has 1 heterocycles. The van der Waals surface area contributed by atoms with Crippen molar-refractivity contribution in [2.75, 3.05) is 13.1 Å². The highest BCUT2D eigenvalue weighted by atomic mass is 19.1. The first-order valence-corrected chi connectivity index (χ1v) is 6.78. The summed E-state index contributed by atoms with van der Waals surface area (Å²) in [6.07, 6.45) is 1.22. The van der Waals surface area contributed by atoms with E-state index < -0.39 is 11.7 Å². The molecule has 1 aromatic carbocycles. The molecule has 3 nitrogen and oxygen atoms in total. The van der Waals surface area contributed by atoms with Gasteiger partial charge in [-0.15, -0.1) is 0 Å². The van der Waals surface area contributed by atoms with Crippen LogP contribution in [-0.2, 0) is 0 Å². The van der Waals surface area contributed by atoms with E-state index in [0.717, 1.165) is 19.4 Å². The fraction of sp³-hybridized carbons (Fsp3) is 0.600. The minimum atomic E-state index is -0.780. The lowest BCUT2D eigenvalue weighted by Gasteiger charge is -2.34. The quantitative estimate of drug-likeness (QED) is 0.878. The topological polar surface area (TPSA) is 43.7 Å². The maximum Gasteiger partial charge on any atom is 0.123 e. The van der Waals surface area contributed by atoms with Crippen molar-refractivity contribution >= 4 is 0 Å². The summed E-state index contributed by atoms with van der Waals surface area (Å²) in [6.45, 7) is 4.88. The van der Waals surface area contributed by atoms with Gasteiger partial charge < -0.3 is 10.2 Å². The monoisotopic (exact) mass is 267 g/mol. The lowest BCUT2D eigenvalue weighted by Crippen LogP contribution is -2.46. The highest BCUT2D eigenvalue weighted by molar-refractivity contribution is 5.19. The zero-order valence-electron chi connectivity index (χ0n) is 11.5. The summed E-state index contributed by atoms with van der Waals surface area (Å²) < 4.78 is 13.1. The van der Waals surface area contributed by atoms with Gasteiger partial charge in [0.05, 0.1) is 11.7 Å². The van der Waals surface area contributed by atoms with Crippen molar-refractivity contribution in [3.05, 3.63) is 35.6 Å². The molecule has 1 aromatic rings. The van der Waals surface area contributed by atoms with E-state index in [4.69, 9.17) is 0 Å².